The van der Waals surface area contributed by atoms with Gasteiger partial charge in [0, 0.05) is 19.3 Å². The molecule has 0 unspecified atom stereocenters. The molecule has 41 heavy (non-hydrogen) atoms. The number of nitrogens with zero attached hydrogens (tertiary/aromatic N) is 2. The smallest absolute Gasteiger partial charge is 0.290 e. The van der Waals surface area contributed by atoms with Crippen LogP contribution in [0.25, 0.3) is 0 Å². The summed E-state index contributed by atoms with van der Waals surface area (Å²) in [4.78, 5) is 21.9. The third-order valence-electron chi connectivity index (χ3n) is 8.25. The molecule has 2 bridgehead atoms. The van der Waals surface area contributed by atoms with E-state index in [1.807, 2.05) is 12.2 Å². The van der Waals surface area contributed by atoms with Crippen LogP contribution in [-0.4, -0.2) is 109 Å². The summed E-state index contributed by atoms with van der Waals surface area (Å²) in [6.07, 6.45) is 4.72. The Balaban J connectivity index is 0.00000124. The maximum Gasteiger partial charge on any atom is 0.290 e. The molecule has 3 saturated heterocycles. The molecular weight excluding hydrogens is 554 g/mol. The second-order valence-corrected chi connectivity index (χ2v) is 12.9. The van der Waals surface area contributed by atoms with Gasteiger partial charge < -0.3 is 40.5 Å². The molecule has 4 aliphatic heterocycles. The molecule has 1 aromatic heterocycles. The first kappa shape index (κ1) is 31.9. The number of fused-ring (bicyclic) bond motifs is 3. The van der Waals surface area contributed by atoms with Crippen LogP contribution in [0.15, 0.2) is 18.3 Å². The summed E-state index contributed by atoms with van der Waals surface area (Å²) in [5.74, 6) is 1.32. The number of aliphatic hydroxyl groups is 3. The zero-order chi connectivity index (χ0) is 29.5. The van der Waals surface area contributed by atoms with E-state index in [1.165, 1.54) is 18.2 Å². The number of rotatable bonds is 5. The first-order valence-corrected chi connectivity index (χ1v) is 15.3. The molecule has 0 radical (unpaired) electrons. The summed E-state index contributed by atoms with van der Waals surface area (Å²) in [5.41, 5.74) is -0.109. The van der Waals surface area contributed by atoms with Crippen LogP contribution in [0.2, 0.25) is 0 Å². The predicted octanol–water partition coefficient (Wildman–Crippen LogP) is 0.352. The zero-order valence-corrected chi connectivity index (χ0v) is 24.2. The van der Waals surface area contributed by atoms with E-state index in [0.717, 1.165) is 19.4 Å². The lowest BCUT2D eigenvalue weighted by atomic mass is 9.85. The van der Waals surface area contributed by atoms with Crippen molar-refractivity contribution in [3.8, 4) is 0 Å². The Kier molecular flexibility index (Phi) is 11.6. The number of carbonyl (C=O) groups excluding carboxylic acids is 1. The van der Waals surface area contributed by atoms with Gasteiger partial charge >= 0.3 is 0 Å². The maximum absolute atomic E-state index is 13.6. The number of hydrogen-bond donors (Lipinski definition) is 7. The zero-order valence-electron chi connectivity index (χ0n) is 23.4. The molecule has 0 aliphatic carbocycles. The molecule has 7 N–H and O–H groups in total. The number of allylic oxidation sites excluding steroid dienone is 1. The monoisotopic (exact) mass is 597 g/mol. The van der Waals surface area contributed by atoms with Crippen molar-refractivity contribution in [2.45, 2.75) is 99.2 Å². The van der Waals surface area contributed by atoms with Crippen molar-refractivity contribution in [1.82, 2.24) is 26.0 Å². The van der Waals surface area contributed by atoms with Gasteiger partial charge in [-0.1, -0.05) is 31.2 Å². The summed E-state index contributed by atoms with van der Waals surface area (Å²) in [6, 6.07) is -1.09. The topological polar surface area (TPSA) is 199 Å². The fourth-order valence-corrected chi connectivity index (χ4v) is 7.69. The molecule has 13 nitrogen and oxygen atoms in total. The summed E-state index contributed by atoms with van der Waals surface area (Å²) < 4.78 is 12.4. The second-order valence-electron chi connectivity index (χ2n) is 11.6. The fraction of sp³-hybridized carbons (Fsp3) is 0.778. The molecule has 14 heteroatoms. The van der Waals surface area contributed by atoms with Gasteiger partial charge in [0.05, 0.1) is 23.1 Å². The minimum Gasteiger partial charge on any atom is -0.483 e. The number of aromatic amines is 1. The average Bonchev–Trinajstić information content (AvgIpc) is 3.57. The van der Waals surface area contributed by atoms with Gasteiger partial charge in [-0.05, 0) is 49.9 Å². The highest BCUT2D eigenvalue weighted by Gasteiger charge is 2.49. The molecule has 0 saturated carbocycles. The number of aromatic nitrogens is 3. The normalized spacial score (nSPS) is 39.9. The van der Waals surface area contributed by atoms with Gasteiger partial charge in [0.25, 0.3) is 6.47 Å². The number of ether oxygens (including phenoxy) is 2. The highest BCUT2D eigenvalue weighted by Crippen LogP contribution is 2.41. The molecule has 11 atom stereocenters. The van der Waals surface area contributed by atoms with Crippen LogP contribution in [0.3, 0.4) is 0 Å². The van der Waals surface area contributed by atoms with Gasteiger partial charge in [0.1, 0.15) is 35.9 Å². The number of carbonyl (C=O) groups is 2. The Hall–Kier alpha value is -2.07. The van der Waals surface area contributed by atoms with Gasteiger partial charge in [-0.15, -0.1) is 16.9 Å². The van der Waals surface area contributed by atoms with Crippen molar-refractivity contribution < 1.29 is 39.5 Å². The highest BCUT2D eigenvalue weighted by atomic mass is 32.2. The number of hydrogen-bond acceptors (Lipinski definition) is 11. The first-order valence-electron chi connectivity index (χ1n) is 14.3. The predicted molar refractivity (Wildman–Crippen MR) is 150 cm³/mol. The summed E-state index contributed by atoms with van der Waals surface area (Å²) >= 11 is 1.32. The van der Waals surface area contributed by atoms with Crippen molar-refractivity contribution >= 4 is 24.1 Å². The fourth-order valence-electron chi connectivity index (χ4n) is 6.38. The molecular formula is C27H43N5O8S. The number of carboxylic acid groups (broad SMARTS) is 1. The molecule has 5 rings (SSSR count). The number of H-pyrrole nitrogens is 1. The van der Waals surface area contributed by atoms with Crippen molar-refractivity contribution in [2.24, 2.45) is 17.8 Å². The van der Waals surface area contributed by atoms with E-state index >= 15 is 0 Å². The third-order valence-corrected chi connectivity index (χ3v) is 9.67. The minimum absolute atomic E-state index is 0.162. The number of nitrogens with one attached hydrogen (secondary N) is 3. The molecule has 3 fully saturated rings. The average molecular weight is 598 g/mol. The molecule has 4 aliphatic rings. The first-order chi connectivity index (χ1) is 19.7. The molecule has 1 amide bonds. The van der Waals surface area contributed by atoms with Crippen LogP contribution in [0.5, 0.6) is 0 Å². The van der Waals surface area contributed by atoms with Crippen molar-refractivity contribution in [3.63, 3.8) is 0 Å². The van der Waals surface area contributed by atoms with Gasteiger partial charge in [-0.3, -0.25) is 14.7 Å². The van der Waals surface area contributed by atoms with Crippen molar-refractivity contribution in [2.75, 3.05) is 13.2 Å². The number of aliphatic hydroxyl groups excluding tert-OH is 3. The van der Waals surface area contributed by atoms with E-state index in [0.29, 0.717) is 37.0 Å². The molecule has 5 heterocycles. The van der Waals surface area contributed by atoms with Gasteiger partial charge in [0.2, 0.25) is 5.91 Å². The van der Waals surface area contributed by atoms with E-state index in [-0.39, 0.29) is 29.7 Å². The Bertz CT molecular complexity index is 1000. The Morgan fingerprint density at radius 1 is 1.20 bits per heavy atom. The second kappa shape index (κ2) is 14.9. The highest BCUT2D eigenvalue weighted by molar-refractivity contribution is 8.00. The summed E-state index contributed by atoms with van der Waals surface area (Å²) in [5, 5.41) is 56.0. The summed E-state index contributed by atoms with van der Waals surface area (Å²) in [6.45, 7) is 5.62. The van der Waals surface area contributed by atoms with E-state index in [2.05, 4.69) is 39.9 Å². The molecule has 0 spiro atoms. The summed E-state index contributed by atoms with van der Waals surface area (Å²) in [7, 11) is 0. The van der Waals surface area contributed by atoms with E-state index in [1.54, 1.807) is 6.20 Å². The van der Waals surface area contributed by atoms with Crippen molar-refractivity contribution in [3.05, 3.63) is 24.0 Å². The maximum atomic E-state index is 13.6. The van der Waals surface area contributed by atoms with Crippen LogP contribution in [0, 0.1) is 17.8 Å². The van der Waals surface area contributed by atoms with E-state index in [4.69, 9.17) is 19.4 Å². The van der Waals surface area contributed by atoms with Crippen molar-refractivity contribution in [1.29, 1.82) is 0 Å². The van der Waals surface area contributed by atoms with Gasteiger partial charge in [0.15, 0.2) is 0 Å². The minimum atomic E-state index is -1.41. The SMILES string of the molecule is CC(C)C[C@@H]1CCO[C@@H]2[C@H](CN[C@@H]2C(=O)N[C@@H]2C/C=C\C[C@@H](c3c[nH]nn3)S[C@H]3O[C@H]2[C@H](O)[C@H](O)[C@H]3O)C1.O=CO. The van der Waals surface area contributed by atoms with Crippen LogP contribution in [0.1, 0.15) is 56.9 Å². The number of amides is 1. The van der Waals surface area contributed by atoms with Crippen LogP contribution >= 0.6 is 11.8 Å². The van der Waals surface area contributed by atoms with E-state index < -0.39 is 41.9 Å². The lowest BCUT2D eigenvalue weighted by Gasteiger charge is -2.44. The molecule has 1 aromatic rings. The van der Waals surface area contributed by atoms with E-state index in [9.17, 15) is 20.1 Å². The van der Waals surface area contributed by atoms with Crippen LogP contribution in [-0.2, 0) is 19.1 Å². The van der Waals surface area contributed by atoms with Gasteiger partial charge in [-0.25, -0.2) is 0 Å². The Labute approximate surface area is 243 Å². The van der Waals surface area contributed by atoms with Crippen LogP contribution < -0.4 is 10.6 Å². The van der Waals surface area contributed by atoms with Gasteiger partial charge in [-0.2, -0.15) is 0 Å². The molecule has 0 aromatic carbocycles. The third kappa shape index (κ3) is 7.86. The lowest BCUT2D eigenvalue weighted by Crippen LogP contribution is -2.64. The standard InChI is InChI=1S/C26H41N5O6S.CH2O2/c1-13(2)9-14-7-8-36-23-15(10-14)11-27-19(23)25(35)29-16-5-3-4-6-18(17-12-28-31-30-17)38-26-22(34)20(32)21(33)24(16)37-26;2-1-3/h3-4,12-16,18-24,26-27,32-34H,5-11H2,1-2H3,(H,29,35)(H,28,30,31);1H,(H,2,3)/b4-3-;/t14-,15-,16+,18-,19-,20-,21+,22+,23+,24+,26+;/m0./s1. The largest absolute Gasteiger partial charge is 0.483 e. The number of thioether (sulfide) groups is 1. The van der Waals surface area contributed by atoms with Crippen LogP contribution in [0.4, 0.5) is 0 Å². The Morgan fingerprint density at radius 3 is 2.66 bits per heavy atom. The molecule has 230 valence electrons. The lowest BCUT2D eigenvalue weighted by molar-refractivity contribution is -0.205. The quantitative estimate of drug-likeness (QED) is 0.182. The Morgan fingerprint density at radius 2 is 1.95 bits per heavy atom.